The zero-order chi connectivity index (χ0) is 10.0. The Morgan fingerprint density at radius 2 is 1.43 bits per heavy atom. The first kappa shape index (κ1) is 13.3. The van der Waals surface area contributed by atoms with Gasteiger partial charge in [-0.05, 0) is 35.1 Å². The van der Waals surface area contributed by atoms with Crippen molar-refractivity contribution < 1.29 is 0 Å². The first-order valence-electron chi connectivity index (χ1n) is 4.91. The molecule has 2 N–H and O–H groups in total. The topological polar surface area (TPSA) is 26.0 Å². The van der Waals surface area contributed by atoms with Crippen LogP contribution in [0.5, 0.6) is 0 Å². The van der Waals surface area contributed by atoms with Gasteiger partial charge in [0.15, 0.2) is 0 Å². The van der Waals surface area contributed by atoms with Crippen LogP contribution in [0.15, 0.2) is 18.2 Å². The Labute approximate surface area is 93.1 Å². The molecule has 0 amide bonds. The SMILES string of the molecule is CC(C)c1ccc(N)cc1C(C)C.Cl. The highest BCUT2D eigenvalue weighted by Crippen LogP contribution is 2.27. The quantitative estimate of drug-likeness (QED) is 0.740. The standard InChI is InChI=1S/C12H19N.ClH/c1-8(2)11-6-5-10(13)7-12(11)9(3)4;/h5-9H,13H2,1-4H3;1H. The molecule has 0 spiro atoms. The van der Waals surface area contributed by atoms with Crippen LogP contribution in [0.25, 0.3) is 0 Å². The van der Waals surface area contributed by atoms with Crippen molar-refractivity contribution in [2.24, 2.45) is 0 Å². The molecule has 0 aliphatic heterocycles. The molecule has 1 nitrogen and oxygen atoms in total. The van der Waals surface area contributed by atoms with Gasteiger partial charge in [0.1, 0.15) is 0 Å². The van der Waals surface area contributed by atoms with Gasteiger partial charge in [0, 0.05) is 5.69 Å². The second-order valence-electron chi connectivity index (χ2n) is 4.20. The average Bonchev–Trinajstić information content (AvgIpc) is 2.03. The maximum atomic E-state index is 5.77. The summed E-state index contributed by atoms with van der Waals surface area (Å²) in [6.07, 6.45) is 0. The van der Waals surface area contributed by atoms with Crippen molar-refractivity contribution in [1.82, 2.24) is 0 Å². The summed E-state index contributed by atoms with van der Waals surface area (Å²) in [6.45, 7) is 8.86. The molecular weight excluding hydrogens is 194 g/mol. The maximum Gasteiger partial charge on any atom is 0.0317 e. The highest BCUT2D eigenvalue weighted by Gasteiger charge is 2.09. The smallest absolute Gasteiger partial charge is 0.0317 e. The Hall–Kier alpha value is -0.690. The molecule has 14 heavy (non-hydrogen) atoms. The van der Waals surface area contributed by atoms with Crippen molar-refractivity contribution in [3.05, 3.63) is 29.3 Å². The Kier molecular flexibility index (Phi) is 5.00. The van der Waals surface area contributed by atoms with Crippen LogP contribution in [0.2, 0.25) is 0 Å². The number of hydrogen-bond donors (Lipinski definition) is 1. The van der Waals surface area contributed by atoms with E-state index in [0.29, 0.717) is 11.8 Å². The first-order valence-corrected chi connectivity index (χ1v) is 4.91. The number of nitrogens with two attached hydrogens (primary N) is 1. The molecule has 0 saturated carbocycles. The van der Waals surface area contributed by atoms with Crippen LogP contribution in [0, 0.1) is 0 Å². The Morgan fingerprint density at radius 1 is 0.929 bits per heavy atom. The molecule has 0 aliphatic rings. The third-order valence-corrected chi connectivity index (χ3v) is 2.35. The Bertz CT molecular complexity index is 292. The number of nitrogen functional groups attached to an aromatic ring is 1. The van der Waals surface area contributed by atoms with E-state index in [1.54, 1.807) is 0 Å². The van der Waals surface area contributed by atoms with Crippen LogP contribution in [0.3, 0.4) is 0 Å². The molecule has 0 radical (unpaired) electrons. The summed E-state index contributed by atoms with van der Waals surface area (Å²) in [5.41, 5.74) is 9.44. The van der Waals surface area contributed by atoms with Crippen LogP contribution < -0.4 is 5.73 Å². The minimum absolute atomic E-state index is 0. The molecule has 0 unspecified atom stereocenters. The van der Waals surface area contributed by atoms with E-state index in [4.69, 9.17) is 5.73 Å². The normalized spacial score (nSPS) is 10.4. The molecule has 1 rings (SSSR count). The molecule has 0 aliphatic carbocycles. The van der Waals surface area contributed by atoms with Gasteiger partial charge in [-0.2, -0.15) is 0 Å². The minimum Gasteiger partial charge on any atom is -0.399 e. The van der Waals surface area contributed by atoms with E-state index in [2.05, 4.69) is 39.8 Å². The summed E-state index contributed by atoms with van der Waals surface area (Å²) in [7, 11) is 0. The lowest BCUT2D eigenvalue weighted by Crippen LogP contribution is -1.99. The lowest BCUT2D eigenvalue weighted by atomic mass is 9.90. The molecule has 0 heterocycles. The Morgan fingerprint density at radius 3 is 1.86 bits per heavy atom. The largest absolute Gasteiger partial charge is 0.399 e. The van der Waals surface area contributed by atoms with Gasteiger partial charge in [0.05, 0.1) is 0 Å². The molecule has 0 bridgehead atoms. The molecule has 0 aromatic heterocycles. The zero-order valence-corrected chi connectivity index (χ0v) is 10.2. The minimum atomic E-state index is 0. The van der Waals surface area contributed by atoms with Crippen molar-refractivity contribution in [3.63, 3.8) is 0 Å². The molecule has 0 saturated heterocycles. The third-order valence-electron chi connectivity index (χ3n) is 2.35. The summed E-state index contributed by atoms with van der Waals surface area (Å²) >= 11 is 0. The first-order chi connectivity index (χ1) is 6.02. The van der Waals surface area contributed by atoms with Gasteiger partial charge in [0.25, 0.3) is 0 Å². The second-order valence-corrected chi connectivity index (χ2v) is 4.20. The van der Waals surface area contributed by atoms with E-state index in [0.717, 1.165) is 5.69 Å². The van der Waals surface area contributed by atoms with E-state index in [9.17, 15) is 0 Å². The van der Waals surface area contributed by atoms with Gasteiger partial charge >= 0.3 is 0 Å². The van der Waals surface area contributed by atoms with Crippen molar-refractivity contribution >= 4 is 18.1 Å². The fraction of sp³-hybridized carbons (Fsp3) is 0.500. The predicted molar refractivity (Wildman–Crippen MR) is 66.3 cm³/mol. The summed E-state index contributed by atoms with van der Waals surface area (Å²) in [5, 5.41) is 0. The summed E-state index contributed by atoms with van der Waals surface area (Å²) in [5.74, 6) is 1.14. The molecule has 1 aromatic carbocycles. The number of hydrogen-bond acceptors (Lipinski definition) is 1. The third kappa shape index (κ3) is 2.91. The van der Waals surface area contributed by atoms with Crippen LogP contribution in [0.1, 0.15) is 50.7 Å². The van der Waals surface area contributed by atoms with Gasteiger partial charge in [-0.3, -0.25) is 0 Å². The molecular formula is C12H20ClN. The molecule has 0 fully saturated rings. The van der Waals surface area contributed by atoms with Gasteiger partial charge < -0.3 is 5.73 Å². The van der Waals surface area contributed by atoms with E-state index >= 15 is 0 Å². The van der Waals surface area contributed by atoms with E-state index < -0.39 is 0 Å². The summed E-state index contributed by atoms with van der Waals surface area (Å²) in [4.78, 5) is 0. The summed E-state index contributed by atoms with van der Waals surface area (Å²) < 4.78 is 0. The fourth-order valence-electron chi connectivity index (χ4n) is 1.62. The van der Waals surface area contributed by atoms with Crippen LogP contribution in [-0.2, 0) is 0 Å². The highest BCUT2D eigenvalue weighted by atomic mass is 35.5. The van der Waals surface area contributed by atoms with Gasteiger partial charge in [0.2, 0.25) is 0 Å². The van der Waals surface area contributed by atoms with Crippen LogP contribution in [-0.4, -0.2) is 0 Å². The van der Waals surface area contributed by atoms with Gasteiger partial charge in [-0.25, -0.2) is 0 Å². The molecule has 1 aromatic rings. The van der Waals surface area contributed by atoms with E-state index in [1.165, 1.54) is 11.1 Å². The molecule has 0 atom stereocenters. The van der Waals surface area contributed by atoms with E-state index in [-0.39, 0.29) is 12.4 Å². The fourth-order valence-corrected chi connectivity index (χ4v) is 1.62. The van der Waals surface area contributed by atoms with Crippen LogP contribution >= 0.6 is 12.4 Å². The van der Waals surface area contributed by atoms with Crippen LogP contribution in [0.4, 0.5) is 5.69 Å². The number of anilines is 1. The van der Waals surface area contributed by atoms with Crippen molar-refractivity contribution in [3.8, 4) is 0 Å². The monoisotopic (exact) mass is 213 g/mol. The maximum absolute atomic E-state index is 5.77. The highest BCUT2D eigenvalue weighted by molar-refractivity contribution is 5.85. The zero-order valence-electron chi connectivity index (χ0n) is 9.37. The summed E-state index contributed by atoms with van der Waals surface area (Å²) in [6, 6.07) is 6.23. The lowest BCUT2D eigenvalue weighted by molar-refractivity contribution is 0.791. The number of halogens is 1. The second kappa shape index (κ2) is 5.26. The van der Waals surface area contributed by atoms with Crippen molar-refractivity contribution in [2.45, 2.75) is 39.5 Å². The number of benzene rings is 1. The van der Waals surface area contributed by atoms with E-state index in [1.807, 2.05) is 6.07 Å². The Balaban J connectivity index is 0.00000169. The molecule has 2 heteroatoms. The van der Waals surface area contributed by atoms with Crippen molar-refractivity contribution in [1.29, 1.82) is 0 Å². The van der Waals surface area contributed by atoms with Gasteiger partial charge in [-0.1, -0.05) is 33.8 Å². The molecule has 80 valence electrons. The predicted octanol–water partition coefficient (Wildman–Crippen LogP) is 3.94. The van der Waals surface area contributed by atoms with Crippen molar-refractivity contribution in [2.75, 3.05) is 5.73 Å². The number of rotatable bonds is 2. The van der Waals surface area contributed by atoms with Gasteiger partial charge in [-0.15, -0.1) is 12.4 Å². The lowest BCUT2D eigenvalue weighted by Gasteiger charge is -2.16. The average molecular weight is 214 g/mol.